The first-order valence-corrected chi connectivity index (χ1v) is 13.0. The molecule has 0 radical (unpaired) electrons. The summed E-state index contributed by atoms with van der Waals surface area (Å²) in [6.07, 6.45) is 1.21. The molecule has 2 aromatic rings. The fourth-order valence-corrected chi connectivity index (χ4v) is 4.90. The second-order valence-electron chi connectivity index (χ2n) is 7.69. The van der Waals surface area contributed by atoms with Gasteiger partial charge in [0.05, 0.1) is 5.75 Å². The number of thioether (sulfide) groups is 1. The largest absolute Gasteiger partial charge is 0.352 e. The molecular formula is C24H28Cl3FN2O2S. The Morgan fingerprint density at radius 1 is 1.09 bits per heavy atom. The number of carbonyl (C=O) groups excluding carboxylic acids is 2. The number of nitrogens with zero attached hydrogens (tertiary/aromatic N) is 1. The summed E-state index contributed by atoms with van der Waals surface area (Å²) in [5.74, 6) is -0.574. The highest BCUT2D eigenvalue weighted by Crippen LogP contribution is 2.26. The van der Waals surface area contributed by atoms with Gasteiger partial charge in [-0.3, -0.25) is 9.59 Å². The fourth-order valence-electron chi connectivity index (χ4n) is 3.19. The standard InChI is InChI=1S/C24H28Cl3FN2O2S/c1-4-15(3)29-24(32)22(5-2)30(12-16-9-10-17(25)11-20(16)27)23(31)14-33-13-18-19(26)7-6-8-21(18)28/h6-11,15,22H,4-5,12-14H2,1-3H3,(H,29,32)/t15-,22-/m1/s1. The van der Waals surface area contributed by atoms with Crippen molar-refractivity contribution in [2.75, 3.05) is 5.75 Å². The van der Waals surface area contributed by atoms with Crippen molar-refractivity contribution in [3.05, 3.63) is 68.4 Å². The average Bonchev–Trinajstić information content (AvgIpc) is 2.76. The zero-order chi connectivity index (χ0) is 24.5. The molecule has 1 N–H and O–H groups in total. The normalized spacial score (nSPS) is 12.8. The molecule has 0 spiro atoms. The van der Waals surface area contributed by atoms with Crippen LogP contribution in [-0.2, 0) is 21.9 Å². The van der Waals surface area contributed by atoms with Crippen LogP contribution in [-0.4, -0.2) is 34.6 Å². The van der Waals surface area contributed by atoms with Gasteiger partial charge in [0, 0.05) is 39.0 Å². The Hall–Kier alpha value is -1.47. The van der Waals surface area contributed by atoms with Gasteiger partial charge in [-0.1, -0.05) is 60.8 Å². The number of nitrogens with one attached hydrogen (secondary N) is 1. The molecule has 9 heteroatoms. The first-order chi connectivity index (χ1) is 15.7. The molecule has 4 nitrogen and oxygen atoms in total. The monoisotopic (exact) mass is 532 g/mol. The predicted octanol–water partition coefficient (Wildman–Crippen LogP) is 6.74. The van der Waals surface area contributed by atoms with E-state index in [2.05, 4.69) is 5.32 Å². The van der Waals surface area contributed by atoms with E-state index in [1.807, 2.05) is 20.8 Å². The van der Waals surface area contributed by atoms with Crippen LogP contribution in [0.15, 0.2) is 36.4 Å². The molecule has 2 rings (SSSR count). The molecule has 0 unspecified atom stereocenters. The van der Waals surface area contributed by atoms with Crippen molar-refractivity contribution < 1.29 is 14.0 Å². The molecule has 0 aromatic heterocycles. The Balaban J connectivity index is 2.22. The Labute approximate surface area is 214 Å². The summed E-state index contributed by atoms with van der Waals surface area (Å²) in [4.78, 5) is 27.8. The van der Waals surface area contributed by atoms with Gasteiger partial charge in [0.1, 0.15) is 11.9 Å². The van der Waals surface area contributed by atoms with Crippen LogP contribution in [0.4, 0.5) is 4.39 Å². The molecule has 0 aliphatic rings. The molecule has 0 saturated heterocycles. The number of hydrogen-bond acceptors (Lipinski definition) is 3. The van der Waals surface area contributed by atoms with Crippen LogP contribution < -0.4 is 5.32 Å². The molecule has 0 heterocycles. The highest BCUT2D eigenvalue weighted by Gasteiger charge is 2.29. The third kappa shape index (κ3) is 8.06. The third-order valence-electron chi connectivity index (χ3n) is 5.28. The van der Waals surface area contributed by atoms with Gasteiger partial charge in [0.15, 0.2) is 0 Å². The summed E-state index contributed by atoms with van der Waals surface area (Å²) in [6, 6.07) is 8.86. The van der Waals surface area contributed by atoms with E-state index in [0.29, 0.717) is 32.6 Å². The molecule has 0 aliphatic heterocycles. The van der Waals surface area contributed by atoms with Crippen molar-refractivity contribution in [2.45, 2.75) is 58.0 Å². The van der Waals surface area contributed by atoms with Gasteiger partial charge in [0.2, 0.25) is 11.8 Å². The average molecular weight is 534 g/mol. The Morgan fingerprint density at radius 2 is 1.82 bits per heavy atom. The predicted molar refractivity (Wildman–Crippen MR) is 137 cm³/mol. The van der Waals surface area contributed by atoms with E-state index in [4.69, 9.17) is 34.8 Å². The van der Waals surface area contributed by atoms with Gasteiger partial charge >= 0.3 is 0 Å². The van der Waals surface area contributed by atoms with E-state index in [9.17, 15) is 14.0 Å². The minimum atomic E-state index is -0.670. The van der Waals surface area contributed by atoms with Crippen LogP contribution in [0.25, 0.3) is 0 Å². The van der Waals surface area contributed by atoms with Gasteiger partial charge in [-0.05, 0) is 49.6 Å². The van der Waals surface area contributed by atoms with E-state index in [0.717, 1.165) is 6.42 Å². The Bertz CT molecular complexity index is 956. The molecule has 180 valence electrons. The summed E-state index contributed by atoms with van der Waals surface area (Å²) >= 11 is 19.7. The lowest BCUT2D eigenvalue weighted by molar-refractivity contribution is -0.139. The molecule has 0 fully saturated rings. The molecule has 2 amide bonds. The van der Waals surface area contributed by atoms with Crippen molar-refractivity contribution in [3.63, 3.8) is 0 Å². The lowest BCUT2D eigenvalue weighted by Gasteiger charge is -2.31. The molecule has 2 aromatic carbocycles. The second kappa shape index (κ2) is 13.4. The highest BCUT2D eigenvalue weighted by atomic mass is 35.5. The molecule has 0 bridgehead atoms. The summed E-state index contributed by atoms with van der Waals surface area (Å²) in [5, 5.41) is 4.19. The Morgan fingerprint density at radius 3 is 2.42 bits per heavy atom. The lowest BCUT2D eigenvalue weighted by Crippen LogP contribution is -2.51. The van der Waals surface area contributed by atoms with Gasteiger partial charge in [-0.2, -0.15) is 0 Å². The van der Waals surface area contributed by atoms with Crippen molar-refractivity contribution in [1.29, 1.82) is 0 Å². The van der Waals surface area contributed by atoms with Crippen molar-refractivity contribution in [3.8, 4) is 0 Å². The maximum absolute atomic E-state index is 14.1. The van der Waals surface area contributed by atoms with Crippen molar-refractivity contribution >= 4 is 58.4 Å². The van der Waals surface area contributed by atoms with Crippen LogP contribution in [0.2, 0.25) is 15.1 Å². The third-order valence-corrected chi connectivity index (χ3v) is 7.16. The quantitative estimate of drug-likeness (QED) is 0.348. The molecule has 0 aliphatic carbocycles. The van der Waals surface area contributed by atoms with Gasteiger partial charge in [-0.15, -0.1) is 11.8 Å². The molecule has 0 saturated carbocycles. The highest BCUT2D eigenvalue weighted by molar-refractivity contribution is 7.99. The summed E-state index contributed by atoms with van der Waals surface area (Å²) in [5.41, 5.74) is 1.04. The Kier molecular flexibility index (Phi) is 11.3. The maximum atomic E-state index is 14.1. The number of benzene rings is 2. The van der Waals surface area contributed by atoms with Crippen LogP contribution in [0.5, 0.6) is 0 Å². The smallest absolute Gasteiger partial charge is 0.243 e. The minimum absolute atomic E-state index is 0.0137. The minimum Gasteiger partial charge on any atom is -0.352 e. The number of rotatable bonds is 11. The second-order valence-corrected chi connectivity index (χ2v) is 9.93. The van der Waals surface area contributed by atoms with E-state index < -0.39 is 11.9 Å². The number of hydrogen-bond donors (Lipinski definition) is 1. The first kappa shape index (κ1) is 27.8. The molecular weight excluding hydrogens is 506 g/mol. The van der Waals surface area contributed by atoms with E-state index in [1.54, 1.807) is 24.3 Å². The lowest BCUT2D eigenvalue weighted by atomic mass is 10.1. The van der Waals surface area contributed by atoms with Crippen molar-refractivity contribution in [1.82, 2.24) is 10.2 Å². The summed E-state index contributed by atoms with van der Waals surface area (Å²) in [7, 11) is 0. The van der Waals surface area contributed by atoms with E-state index in [-0.39, 0.29) is 35.9 Å². The summed E-state index contributed by atoms with van der Waals surface area (Å²) in [6.45, 7) is 5.91. The van der Waals surface area contributed by atoms with E-state index >= 15 is 0 Å². The maximum Gasteiger partial charge on any atom is 0.243 e. The topological polar surface area (TPSA) is 49.4 Å². The zero-order valence-corrected chi connectivity index (χ0v) is 21.9. The molecule has 33 heavy (non-hydrogen) atoms. The van der Waals surface area contributed by atoms with Crippen LogP contribution in [0, 0.1) is 5.82 Å². The van der Waals surface area contributed by atoms with Gasteiger partial charge in [0.25, 0.3) is 0 Å². The zero-order valence-electron chi connectivity index (χ0n) is 18.8. The van der Waals surface area contributed by atoms with Crippen molar-refractivity contribution in [2.24, 2.45) is 0 Å². The number of halogens is 4. The number of carbonyl (C=O) groups is 2. The summed E-state index contributed by atoms with van der Waals surface area (Å²) < 4.78 is 14.1. The van der Waals surface area contributed by atoms with Gasteiger partial charge in [-0.25, -0.2) is 4.39 Å². The SMILES string of the molecule is CC[C@@H](C)NC(=O)[C@@H](CC)N(Cc1ccc(Cl)cc1Cl)C(=O)CSCc1c(F)cccc1Cl. The van der Waals surface area contributed by atoms with E-state index in [1.165, 1.54) is 28.8 Å². The molecule has 2 atom stereocenters. The van der Waals surface area contributed by atoms with Crippen LogP contribution >= 0.6 is 46.6 Å². The van der Waals surface area contributed by atoms with Crippen LogP contribution in [0.3, 0.4) is 0 Å². The number of amides is 2. The van der Waals surface area contributed by atoms with Gasteiger partial charge < -0.3 is 10.2 Å². The fraction of sp³-hybridized carbons (Fsp3) is 0.417. The first-order valence-electron chi connectivity index (χ1n) is 10.7. The van der Waals surface area contributed by atoms with Crippen LogP contribution in [0.1, 0.15) is 44.7 Å².